The van der Waals surface area contributed by atoms with E-state index < -0.39 is 5.97 Å². The van der Waals surface area contributed by atoms with Gasteiger partial charge in [-0.25, -0.2) is 0 Å². The van der Waals surface area contributed by atoms with Crippen LogP contribution in [-0.4, -0.2) is 55.4 Å². The van der Waals surface area contributed by atoms with Gasteiger partial charge < -0.3 is 19.6 Å². The first kappa shape index (κ1) is 19.9. The second-order valence-corrected chi connectivity index (χ2v) is 8.07. The van der Waals surface area contributed by atoms with E-state index in [1.807, 2.05) is 0 Å². The van der Waals surface area contributed by atoms with Crippen molar-refractivity contribution < 1.29 is 14.6 Å². The third-order valence-corrected chi connectivity index (χ3v) is 6.07. The van der Waals surface area contributed by atoms with Crippen molar-refractivity contribution in [3.63, 3.8) is 0 Å². The number of ether oxygens (including phenoxy) is 1. The Bertz CT molecular complexity index is 791. The van der Waals surface area contributed by atoms with Crippen LogP contribution >= 0.6 is 0 Å². The summed E-state index contributed by atoms with van der Waals surface area (Å²) in [6.07, 6.45) is 3.40. The summed E-state index contributed by atoms with van der Waals surface area (Å²) in [7, 11) is 0. The van der Waals surface area contributed by atoms with Crippen LogP contribution in [0.1, 0.15) is 24.0 Å². The molecule has 1 N–H and O–H groups in total. The molecular weight excluding hydrogens is 364 g/mol. The molecule has 29 heavy (non-hydrogen) atoms. The summed E-state index contributed by atoms with van der Waals surface area (Å²) >= 11 is 0. The van der Waals surface area contributed by atoms with Crippen molar-refractivity contribution in [1.29, 1.82) is 0 Å². The highest BCUT2D eigenvalue weighted by atomic mass is 16.5. The van der Waals surface area contributed by atoms with Gasteiger partial charge >= 0.3 is 5.97 Å². The smallest absolute Gasteiger partial charge is 0.303 e. The number of rotatable bonds is 8. The topological polar surface area (TPSA) is 53.0 Å². The third kappa shape index (κ3) is 4.98. The molecule has 1 saturated heterocycles. The lowest BCUT2D eigenvalue weighted by Crippen LogP contribution is -2.28. The molecule has 0 amide bonds. The molecule has 0 aliphatic carbocycles. The maximum Gasteiger partial charge on any atom is 0.303 e. The van der Waals surface area contributed by atoms with Crippen molar-refractivity contribution in [3.8, 4) is 0 Å². The fourth-order valence-electron chi connectivity index (χ4n) is 4.59. The van der Waals surface area contributed by atoms with E-state index in [2.05, 4.69) is 58.3 Å². The summed E-state index contributed by atoms with van der Waals surface area (Å²) in [5.74, 6) is -0.399. The highest BCUT2D eigenvalue weighted by Crippen LogP contribution is 2.35. The zero-order valence-electron chi connectivity index (χ0n) is 16.9. The largest absolute Gasteiger partial charge is 0.481 e. The Kier molecular flexibility index (Phi) is 6.47. The van der Waals surface area contributed by atoms with Crippen LogP contribution in [0.15, 0.2) is 48.5 Å². The van der Waals surface area contributed by atoms with E-state index in [9.17, 15) is 4.79 Å². The third-order valence-electron chi connectivity index (χ3n) is 6.07. The molecule has 1 atom stereocenters. The van der Waals surface area contributed by atoms with Gasteiger partial charge in [0, 0.05) is 37.4 Å². The van der Waals surface area contributed by atoms with Crippen LogP contribution in [0, 0.1) is 5.92 Å². The van der Waals surface area contributed by atoms with E-state index in [-0.39, 0.29) is 12.3 Å². The first-order valence-corrected chi connectivity index (χ1v) is 10.7. The molecule has 154 valence electrons. The average molecular weight is 395 g/mol. The summed E-state index contributed by atoms with van der Waals surface area (Å²) in [5.41, 5.74) is 5.37. The molecule has 5 heteroatoms. The molecule has 1 fully saturated rings. The number of likely N-dealkylation sites (tertiary alicyclic amines) is 1. The summed E-state index contributed by atoms with van der Waals surface area (Å²) in [6.45, 7) is 4.93. The summed E-state index contributed by atoms with van der Waals surface area (Å²) in [4.78, 5) is 15.6. The highest BCUT2D eigenvalue weighted by Gasteiger charge is 2.24. The van der Waals surface area contributed by atoms with Gasteiger partial charge in [-0.05, 0) is 55.0 Å². The van der Waals surface area contributed by atoms with Gasteiger partial charge in [0.2, 0.25) is 0 Å². The fraction of sp³-hybridized carbons (Fsp3) is 0.458. The number of carbonyl (C=O) groups is 1. The molecule has 0 saturated carbocycles. The predicted molar refractivity (Wildman–Crippen MR) is 115 cm³/mol. The number of carboxylic acids is 1. The number of anilines is 2. The van der Waals surface area contributed by atoms with Crippen molar-refractivity contribution in [2.75, 3.05) is 44.3 Å². The molecule has 2 aliphatic rings. The van der Waals surface area contributed by atoms with Gasteiger partial charge in [-0.2, -0.15) is 0 Å². The maximum atomic E-state index is 10.9. The Morgan fingerprint density at radius 1 is 0.966 bits per heavy atom. The van der Waals surface area contributed by atoms with E-state index in [0.29, 0.717) is 13.2 Å². The van der Waals surface area contributed by atoms with E-state index in [4.69, 9.17) is 9.84 Å². The van der Waals surface area contributed by atoms with Crippen molar-refractivity contribution in [1.82, 2.24) is 4.90 Å². The van der Waals surface area contributed by atoms with Crippen LogP contribution in [-0.2, 0) is 22.4 Å². The summed E-state index contributed by atoms with van der Waals surface area (Å²) < 4.78 is 5.99. The second-order valence-electron chi connectivity index (χ2n) is 8.07. The molecule has 0 bridgehead atoms. The monoisotopic (exact) mass is 394 g/mol. The Labute approximate surface area is 172 Å². The standard InChI is InChI=1S/C24H30N2O3/c27-24(28)17-19-11-12-25(18-19)13-15-29-16-14-26-22-7-3-1-5-20(22)9-10-21-6-2-4-8-23(21)26/h1-8,19H,9-18H2,(H,27,28). The number of benzene rings is 2. The molecule has 2 aliphatic heterocycles. The van der Waals surface area contributed by atoms with E-state index in [1.165, 1.54) is 22.5 Å². The molecule has 0 aromatic heterocycles. The number of carboxylic acid groups (broad SMARTS) is 1. The summed E-state index contributed by atoms with van der Waals surface area (Å²) in [6, 6.07) is 17.4. The van der Waals surface area contributed by atoms with Gasteiger partial charge in [0.05, 0.1) is 13.2 Å². The normalized spacial score (nSPS) is 18.9. The zero-order chi connectivity index (χ0) is 20.1. The van der Waals surface area contributed by atoms with Gasteiger partial charge in [-0.3, -0.25) is 4.79 Å². The van der Waals surface area contributed by atoms with Gasteiger partial charge in [0.25, 0.3) is 0 Å². The number of fused-ring (bicyclic) bond motifs is 2. The van der Waals surface area contributed by atoms with Crippen molar-refractivity contribution >= 4 is 17.3 Å². The van der Waals surface area contributed by atoms with Crippen molar-refractivity contribution in [2.45, 2.75) is 25.7 Å². The van der Waals surface area contributed by atoms with Gasteiger partial charge in [-0.15, -0.1) is 0 Å². The Morgan fingerprint density at radius 3 is 2.24 bits per heavy atom. The van der Waals surface area contributed by atoms with Crippen LogP contribution < -0.4 is 4.90 Å². The average Bonchev–Trinajstić information content (AvgIpc) is 3.09. The number of para-hydroxylation sites is 2. The van der Waals surface area contributed by atoms with Gasteiger partial charge in [0.1, 0.15) is 0 Å². The van der Waals surface area contributed by atoms with E-state index in [0.717, 1.165) is 45.4 Å². The van der Waals surface area contributed by atoms with Crippen LogP contribution in [0.3, 0.4) is 0 Å². The van der Waals surface area contributed by atoms with E-state index >= 15 is 0 Å². The number of aliphatic carboxylic acids is 1. The summed E-state index contributed by atoms with van der Waals surface area (Å²) in [5, 5.41) is 8.94. The molecule has 2 heterocycles. The first-order chi connectivity index (χ1) is 14.2. The number of aryl methyl sites for hydroxylation is 2. The molecule has 0 radical (unpaired) electrons. The lowest BCUT2D eigenvalue weighted by atomic mass is 10.0. The molecule has 4 rings (SSSR count). The number of hydrogen-bond acceptors (Lipinski definition) is 4. The predicted octanol–water partition coefficient (Wildman–Crippen LogP) is 3.74. The minimum absolute atomic E-state index is 0.283. The molecule has 2 aromatic rings. The quantitative estimate of drug-likeness (QED) is 0.692. The molecule has 0 spiro atoms. The second kappa shape index (κ2) is 9.42. The molecule has 1 unspecified atom stereocenters. The SMILES string of the molecule is O=C(O)CC1CCN(CCOCCN2c3ccccc3CCc3ccccc32)C1. The van der Waals surface area contributed by atoms with Crippen LogP contribution in [0.5, 0.6) is 0 Å². The maximum absolute atomic E-state index is 10.9. The van der Waals surface area contributed by atoms with Gasteiger partial charge in [-0.1, -0.05) is 36.4 Å². The van der Waals surface area contributed by atoms with Crippen molar-refractivity contribution in [3.05, 3.63) is 59.7 Å². The first-order valence-electron chi connectivity index (χ1n) is 10.7. The molecular formula is C24H30N2O3. The van der Waals surface area contributed by atoms with E-state index in [1.54, 1.807) is 0 Å². The zero-order valence-corrected chi connectivity index (χ0v) is 16.9. The number of nitrogens with zero attached hydrogens (tertiary/aromatic N) is 2. The lowest BCUT2D eigenvalue weighted by Gasteiger charge is -2.27. The molecule has 5 nitrogen and oxygen atoms in total. The Hall–Kier alpha value is -2.37. The minimum Gasteiger partial charge on any atom is -0.481 e. The van der Waals surface area contributed by atoms with Crippen molar-refractivity contribution in [2.24, 2.45) is 5.92 Å². The van der Waals surface area contributed by atoms with Gasteiger partial charge in [0.15, 0.2) is 0 Å². The Balaban J connectivity index is 1.30. The van der Waals surface area contributed by atoms with Crippen LogP contribution in [0.2, 0.25) is 0 Å². The lowest BCUT2D eigenvalue weighted by molar-refractivity contribution is -0.138. The Morgan fingerprint density at radius 2 is 1.59 bits per heavy atom. The minimum atomic E-state index is -0.689. The van der Waals surface area contributed by atoms with Crippen LogP contribution in [0.4, 0.5) is 11.4 Å². The van der Waals surface area contributed by atoms with Crippen LogP contribution in [0.25, 0.3) is 0 Å². The number of hydrogen-bond donors (Lipinski definition) is 1. The fourth-order valence-corrected chi connectivity index (χ4v) is 4.59. The highest BCUT2D eigenvalue weighted by molar-refractivity contribution is 5.71. The molecule has 2 aromatic carbocycles.